The van der Waals surface area contributed by atoms with Crippen LogP contribution in [0.2, 0.25) is 0 Å². The lowest BCUT2D eigenvalue weighted by atomic mass is 10.00. The quantitative estimate of drug-likeness (QED) is 0.762. The zero-order chi connectivity index (χ0) is 15.9. The van der Waals surface area contributed by atoms with Crippen molar-refractivity contribution in [2.75, 3.05) is 0 Å². The standard InChI is InChI=1S/C17H19N3O2/c1-12-5-3-4-6-16(12)15-9-7-14(8-10-15)11-18-17(22)20-19-13(2)21/h3-10H,11H2,1-2H3,(H,19,21)(H2,18,20,22). The van der Waals surface area contributed by atoms with Crippen LogP contribution in [-0.4, -0.2) is 11.9 Å². The minimum atomic E-state index is -0.446. The van der Waals surface area contributed by atoms with E-state index in [4.69, 9.17) is 0 Å². The SMILES string of the molecule is CC(=O)NNC(=O)NCc1ccc(-c2ccccc2C)cc1. The van der Waals surface area contributed by atoms with Gasteiger partial charge in [0.2, 0.25) is 5.91 Å². The molecule has 2 rings (SSSR count). The molecule has 2 aromatic carbocycles. The van der Waals surface area contributed by atoms with Crippen molar-refractivity contribution in [3.8, 4) is 11.1 Å². The number of urea groups is 1. The van der Waals surface area contributed by atoms with E-state index in [2.05, 4.69) is 35.2 Å². The second kappa shape index (κ2) is 7.26. The van der Waals surface area contributed by atoms with Crippen LogP contribution in [0.1, 0.15) is 18.1 Å². The van der Waals surface area contributed by atoms with E-state index < -0.39 is 6.03 Å². The van der Waals surface area contributed by atoms with Crippen LogP contribution in [-0.2, 0) is 11.3 Å². The number of amides is 3. The highest BCUT2D eigenvalue weighted by atomic mass is 16.2. The Morgan fingerprint density at radius 1 is 0.955 bits per heavy atom. The third kappa shape index (κ3) is 4.34. The molecule has 0 heterocycles. The molecule has 0 unspecified atom stereocenters. The monoisotopic (exact) mass is 297 g/mol. The highest BCUT2D eigenvalue weighted by Crippen LogP contribution is 2.23. The number of hydrogen-bond donors (Lipinski definition) is 3. The van der Waals surface area contributed by atoms with Crippen LogP contribution < -0.4 is 16.2 Å². The Hall–Kier alpha value is -2.82. The van der Waals surface area contributed by atoms with E-state index in [0.717, 1.165) is 11.1 Å². The Morgan fingerprint density at radius 3 is 2.27 bits per heavy atom. The summed E-state index contributed by atoms with van der Waals surface area (Å²) in [5, 5.41) is 2.66. The van der Waals surface area contributed by atoms with Gasteiger partial charge in [-0.3, -0.25) is 10.2 Å². The zero-order valence-electron chi connectivity index (χ0n) is 12.6. The third-order valence-electron chi connectivity index (χ3n) is 3.22. The number of carbonyl (C=O) groups is 2. The number of carbonyl (C=O) groups excluding carboxylic acids is 2. The number of nitrogens with one attached hydrogen (secondary N) is 3. The van der Waals surface area contributed by atoms with E-state index in [1.165, 1.54) is 18.1 Å². The first-order valence-electron chi connectivity index (χ1n) is 7.01. The predicted molar refractivity (Wildman–Crippen MR) is 85.8 cm³/mol. The molecule has 3 amide bonds. The molecule has 3 N–H and O–H groups in total. The largest absolute Gasteiger partial charge is 0.333 e. The zero-order valence-corrected chi connectivity index (χ0v) is 12.6. The number of hydrazine groups is 1. The minimum absolute atomic E-state index is 0.322. The summed E-state index contributed by atoms with van der Waals surface area (Å²) < 4.78 is 0. The fourth-order valence-electron chi connectivity index (χ4n) is 2.07. The average molecular weight is 297 g/mol. The first kappa shape index (κ1) is 15.6. The molecule has 0 aliphatic carbocycles. The van der Waals surface area contributed by atoms with Gasteiger partial charge in [0.25, 0.3) is 0 Å². The molecule has 0 fully saturated rings. The van der Waals surface area contributed by atoms with Crippen LogP contribution in [0, 0.1) is 6.92 Å². The van der Waals surface area contributed by atoms with Crippen LogP contribution in [0.15, 0.2) is 48.5 Å². The molecule has 0 atom stereocenters. The number of aryl methyl sites for hydroxylation is 1. The van der Waals surface area contributed by atoms with Crippen molar-refractivity contribution in [2.24, 2.45) is 0 Å². The summed E-state index contributed by atoms with van der Waals surface area (Å²) in [5.74, 6) is -0.322. The number of hydrogen-bond acceptors (Lipinski definition) is 2. The number of rotatable bonds is 3. The van der Waals surface area contributed by atoms with Gasteiger partial charge in [0.1, 0.15) is 0 Å². The first-order chi connectivity index (χ1) is 10.6. The number of benzene rings is 2. The van der Waals surface area contributed by atoms with Gasteiger partial charge in [-0.25, -0.2) is 10.2 Å². The molecule has 0 aromatic heterocycles. The maximum Gasteiger partial charge on any atom is 0.333 e. The second-order valence-corrected chi connectivity index (χ2v) is 5.00. The van der Waals surface area contributed by atoms with Crippen LogP contribution in [0.25, 0.3) is 11.1 Å². The van der Waals surface area contributed by atoms with Gasteiger partial charge in [0, 0.05) is 13.5 Å². The van der Waals surface area contributed by atoms with Gasteiger partial charge in [-0.2, -0.15) is 0 Å². The Morgan fingerprint density at radius 2 is 1.64 bits per heavy atom. The Labute approximate surface area is 129 Å². The average Bonchev–Trinajstić information content (AvgIpc) is 2.52. The van der Waals surface area contributed by atoms with Gasteiger partial charge in [-0.05, 0) is 29.2 Å². The topological polar surface area (TPSA) is 70.2 Å². The molecule has 0 saturated heterocycles. The van der Waals surface area contributed by atoms with Crippen molar-refractivity contribution >= 4 is 11.9 Å². The molecule has 5 nitrogen and oxygen atoms in total. The molecule has 114 valence electrons. The van der Waals surface area contributed by atoms with E-state index >= 15 is 0 Å². The minimum Gasteiger partial charge on any atom is -0.333 e. The molecule has 0 spiro atoms. The summed E-state index contributed by atoms with van der Waals surface area (Å²) in [6.45, 7) is 3.79. The van der Waals surface area contributed by atoms with Gasteiger partial charge in [0.15, 0.2) is 0 Å². The maximum atomic E-state index is 11.4. The molecule has 0 bridgehead atoms. The second-order valence-electron chi connectivity index (χ2n) is 5.00. The summed E-state index contributed by atoms with van der Waals surface area (Å²) in [6, 6.07) is 15.8. The van der Waals surface area contributed by atoms with Gasteiger partial charge in [-0.15, -0.1) is 0 Å². The first-order valence-corrected chi connectivity index (χ1v) is 7.01. The van der Waals surface area contributed by atoms with Crippen molar-refractivity contribution in [2.45, 2.75) is 20.4 Å². The third-order valence-corrected chi connectivity index (χ3v) is 3.22. The van der Waals surface area contributed by atoms with Crippen LogP contribution >= 0.6 is 0 Å². The lowest BCUT2D eigenvalue weighted by Crippen LogP contribution is -2.45. The van der Waals surface area contributed by atoms with Crippen molar-refractivity contribution in [1.82, 2.24) is 16.2 Å². The van der Waals surface area contributed by atoms with E-state index in [9.17, 15) is 9.59 Å². The van der Waals surface area contributed by atoms with Crippen molar-refractivity contribution in [3.05, 3.63) is 59.7 Å². The normalized spacial score (nSPS) is 9.91. The summed E-state index contributed by atoms with van der Waals surface area (Å²) >= 11 is 0. The molecule has 0 aliphatic rings. The van der Waals surface area contributed by atoms with Crippen molar-refractivity contribution in [3.63, 3.8) is 0 Å². The maximum absolute atomic E-state index is 11.4. The molecule has 0 saturated carbocycles. The Kier molecular flexibility index (Phi) is 5.14. The molecule has 2 aromatic rings. The Balaban J connectivity index is 1.94. The van der Waals surface area contributed by atoms with E-state index in [-0.39, 0.29) is 5.91 Å². The van der Waals surface area contributed by atoms with Crippen molar-refractivity contribution in [1.29, 1.82) is 0 Å². The van der Waals surface area contributed by atoms with Gasteiger partial charge in [0.05, 0.1) is 0 Å². The lowest BCUT2D eigenvalue weighted by Gasteiger charge is -2.09. The van der Waals surface area contributed by atoms with Crippen LogP contribution in [0.4, 0.5) is 4.79 Å². The summed E-state index contributed by atoms with van der Waals surface area (Å²) in [7, 11) is 0. The van der Waals surface area contributed by atoms with Gasteiger partial charge < -0.3 is 5.32 Å². The smallest absolute Gasteiger partial charge is 0.333 e. The highest BCUT2D eigenvalue weighted by Gasteiger charge is 2.03. The Bertz CT molecular complexity index is 666. The van der Waals surface area contributed by atoms with Gasteiger partial charge in [-0.1, -0.05) is 48.5 Å². The van der Waals surface area contributed by atoms with Gasteiger partial charge >= 0.3 is 6.03 Å². The molecular formula is C17H19N3O2. The lowest BCUT2D eigenvalue weighted by molar-refractivity contribution is -0.119. The summed E-state index contributed by atoms with van der Waals surface area (Å²) in [4.78, 5) is 22.1. The highest BCUT2D eigenvalue weighted by molar-refractivity contribution is 5.79. The van der Waals surface area contributed by atoms with E-state index in [1.54, 1.807) is 0 Å². The summed E-state index contributed by atoms with van der Waals surface area (Å²) in [5.41, 5.74) is 9.01. The van der Waals surface area contributed by atoms with E-state index in [1.807, 2.05) is 36.4 Å². The van der Waals surface area contributed by atoms with Crippen LogP contribution in [0.3, 0.4) is 0 Å². The molecule has 22 heavy (non-hydrogen) atoms. The van der Waals surface area contributed by atoms with Crippen molar-refractivity contribution < 1.29 is 9.59 Å². The van der Waals surface area contributed by atoms with E-state index in [0.29, 0.717) is 6.54 Å². The fourth-order valence-corrected chi connectivity index (χ4v) is 2.07. The molecule has 0 aliphatic heterocycles. The summed E-state index contributed by atoms with van der Waals surface area (Å²) in [6.07, 6.45) is 0. The molecular weight excluding hydrogens is 278 g/mol. The molecule has 5 heteroatoms. The predicted octanol–water partition coefficient (Wildman–Crippen LogP) is 2.51. The molecule has 0 radical (unpaired) electrons. The fraction of sp³-hybridized carbons (Fsp3) is 0.176. The van der Waals surface area contributed by atoms with Crippen LogP contribution in [0.5, 0.6) is 0 Å².